The molecule has 4 heteroatoms. The second kappa shape index (κ2) is 4.31. The molecule has 2 rings (SSSR count). The van der Waals surface area contributed by atoms with Crippen LogP contribution in [0.15, 0.2) is 53.4 Å². The molecule has 0 aliphatic rings. The summed E-state index contributed by atoms with van der Waals surface area (Å²) in [6.07, 6.45) is 0. The first-order chi connectivity index (χ1) is 8.00. The topological polar surface area (TPSA) is 54.4 Å². The van der Waals surface area contributed by atoms with E-state index in [0.717, 1.165) is 11.1 Å². The summed E-state index contributed by atoms with van der Waals surface area (Å²) < 4.78 is 31.8. The van der Waals surface area contributed by atoms with Crippen molar-refractivity contribution in [3.8, 4) is 11.1 Å². The highest BCUT2D eigenvalue weighted by molar-refractivity contribution is 7.86. The third-order valence-electron chi connectivity index (χ3n) is 2.60. The van der Waals surface area contributed by atoms with Gasteiger partial charge in [0.15, 0.2) is 0 Å². The minimum absolute atomic E-state index is 0.0608. The molecule has 0 amide bonds. The van der Waals surface area contributed by atoms with Gasteiger partial charge >= 0.3 is 0 Å². The van der Waals surface area contributed by atoms with Crippen LogP contribution in [0.25, 0.3) is 11.1 Å². The van der Waals surface area contributed by atoms with Crippen LogP contribution >= 0.6 is 0 Å². The molecule has 0 radical (unpaired) electrons. The minimum atomic E-state index is -4.20. The van der Waals surface area contributed by atoms with E-state index in [1.165, 1.54) is 6.07 Å². The summed E-state index contributed by atoms with van der Waals surface area (Å²) >= 11 is 0. The van der Waals surface area contributed by atoms with E-state index in [1.54, 1.807) is 18.2 Å². The summed E-state index contributed by atoms with van der Waals surface area (Å²) in [6, 6.07) is 13.9. The zero-order valence-electron chi connectivity index (χ0n) is 9.29. The van der Waals surface area contributed by atoms with Crippen molar-refractivity contribution in [1.82, 2.24) is 0 Å². The Balaban J connectivity index is 2.74. The maximum atomic E-state index is 11.3. The van der Waals surface area contributed by atoms with Gasteiger partial charge in [0.25, 0.3) is 10.1 Å². The van der Waals surface area contributed by atoms with Crippen LogP contribution in [-0.4, -0.2) is 13.0 Å². The van der Waals surface area contributed by atoms with E-state index in [-0.39, 0.29) is 4.90 Å². The monoisotopic (exact) mass is 248 g/mol. The second-order valence-corrected chi connectivity index (χ2v) is 5.18. The number of rotatable bonds is 2. The van der Waals surface area contributed by atoms with Crippen LogP contribution in [0.2, 0.25) is 0 Å². The van der Waals surface area contributed by atoms with Crippen molar-refractivity contribution in [3.05, 3.63) is 54.1 Å². The highest BCUT2D eigenvalue weighted by Gasteiger charge is 2.16. The van der Waals surface area contributed by atoms with Crippen molar-refractivity contribution in [2.75, 3.05) is 0 Å². The quantitative estimate of drug-likeness (QED) is 0.831. The lowest BCUT2D eigenvalue weighted by Gasteiger charge is -2.09. The molecule has 0 heterocycles. The Labute approximate surface area is 100 Å². The van der Waals surface area contributed by atoms with Crippen LogP contribution in [0.3, 0.4) is 0 Å². The Morgan fingerprint density at radius 3 is 2.00 bits per heavy atom. The molecule has 2 aromatic carbocycles. The Morgan fingerprint density at radius 2 is 1.41 bits per heavy atom. The highest BCUT2D eigenvalue weighted by atomic mass is 32.2. The standard InChI is InChI=1S/C13H12O3S/c1-10-6-2-3-7-11(10)12-8-4-5-9-13(12)17(14,15)16/h2-9H,1H3,(H,14,15,16). The number of hydrogen-bond donors (Lipinski definition) is 1. The molecule has 0 saturated carbocycles. The van der Waals surface area contributed by atoms with E-state index in [2.05, 4.69) is 0 Å². The van der Waals surface area contributed by atoms with Crippen LogP contribution in [0.5, 0.6) is 0 Å². The van der Waals surface area contributed by atoms with Crippen molar-refractivity contribution in [2.45, 2.75) is 11.8 Å². The molecular weight excluding hydrogens is 236 g/mol. The highest BCUT2D eigenvalue weighted by Crippen LogP contribution is 2.29. The predicted molar refractivity (Wildman–Crippen MR) is 66.4 cm³/mol. The van der Waals surface area contributed by atoms with Gasteiger partial charge < -0.3 is 0 Å². The molecule has 2 aromatic rings. The van der Waals surface area contributed by atoms with Gasteiger partial charge in [0.05, 0.1) is 0 Å². The molecule has 0 aliphatic carbocycles. The molecule has 88 valence electrons. The molecule has 1 N–H and O–H groups in total. The SMILES string of the molecule is Cc1ccccc1-c1ccccc1S(=O)(=O)O. The van der Waals surface area contributed by atoms with Crippen molar-refractivity contribution in [1.29, 1.82) is 0 Å². The predicted octanol–water partition coefficient (Wildman–Crippen LogP) is 2.91. The summed E-state index contributed by atoms with van der Waals surface area (Å²) in [6.45, 7) is 1.90. The van der Waals surface area contributed by atoms with Crippen LogP contribution in [-0.2, 0) is 10.1 Å². The summed E-state index contributed by atoms with van der Waals surface area (Å²) in [7, 11) is -4.20. The molecule has 0 saturated heterocycles. The maximum absolute atomic E-state index is 11.3. The fourth-order valence-corrected chi connectivity index (χ4v) is 2.50. The van der Waals surface area contributed by atoms with E-state index >= 15 is 0 Å². The maximum Gasteiger partial charge on any atom is 0.295 e. The minimum Gasteiger partial charge on any atom is -0.282 e. The number of hydrogen-bond acceptors (Lipinski definition) is 2. The fraction of sp³-hybridized carbons (Fsp3) is 0.0769. The molecule has 0 atom stereocenters. The largest absolute Gasteiger partial charge is 0.295 e. The van der Waals surface area contributed by atoms with E-state index in [0.29, 0.717) is 5.56 Å². The van der Waals surface area contributed by atoms with Gasteiger partial charge in [0, 0.05) is 5.56 Å². The Hall–Kier alpha value is -1.65. The zero-order chi connectivity index (χ0) is 12.5. The molecule has 0 bridgehead atoms. The van der Waals surface area contributed by atoms with E-state index in [9.17, 15) is 13.0 Å². The average molecular weight is 248 g/mol. The number of aryl methyl sites for hydroxylation is 1. The third kappa shape index (κ3) is 2.38. The lowest BCUT2D eigenvalue weighted by molar-refractivity contribution is 0.483. The Bertz CT molecular complexity index is 645. The summed E-state index contributed by atoms with van der Waals surface area (Å²) in [5.41, 5.74) is 2.29. The first-order valence-corrected chi connectivity index (χ1v) is 6.56. The van der Waals surface area contributed by atoms with Gasteiger partial charge in [-0.3, -0.25) is 4.55 Å². The fourth-order valence-electron chi connectivity index (χ4n) is 1.79. The average Bonchev–Trinajstić information content (AvgIpc) is 2.28. The lowest BCUT2D eigenvalue weighted by Crippen LogP contribution is -2.00. The van der Waals surface area contributed by atoms with Crippen LogP contribution in [0, 0.1) is 6.92 Å². The van der Waals surface area contributed by atoms with Crippen molar-refractivity contribution in [2.24, 2.45) is 0 Å². The van der Waals surface area contributed by atoms with Gasteiger partial charge in [-0.15, -0.1) is 0 Å². The van der Waals surface area contributed by atoms with Gasteiger partial charge in [-0.2, -0.15) is 8.42 Å². The molecule has 0 fully saturated rings. The molecule has 3 nitrogen and oxygen atoms in total. The van der Waals surface area contributed by atoms with Gasteiger partial charge in [0.2, 0.25) is 0 Å². The second-order valence-electron chi connectivity index (χ2n) is 3.79. The number of benzene rings is 2. The van der Waals surface area contributed by atoms with Crippen molar-refractivity contribution >= 4 is 10.1 Å². The lowest BCUT2D eigenvalue weighted by atomic mass is 10.0. The van der Waals surface area contributed by atoms with E-state index in [4.69, 9.17) is 0 Å². The summed E-state index contributed by atoms with van der Waals surface area (Å²) in [4.78, 5) is -0.0608. The van der Waals surface area contributed by atoms with Crippen LogP contribution in [0.4, 0.5) is 0 Å². The molecule has 17 heavy (non-hydrogen) atoms. The van der Waals surface area contributed by atoms with Gasteiger partial charge in [-0.25, -0.2) is 0 Å². The first-order valence-electron chi connectivity index (χ1n) is 5.12. The molecule has 0 spiro atoms. The van der Waals surface area contributed by atoms with Crippen LogP contribution < -0.4 is 0 Å². The third-order valence-corrected chi connectivity index (χ3v) is 3.51. The Kier molecular flexibility index (Phi) is 3.00. The first kappa shape index (κ1) is 11.8. The molecule has 0 aromatic heterocycles. The van der Waals surface area contributed by atoms with E-state index < -0.39 is 10.1 Å². The van der Waals surface area contributed by atoms with Crippen molar-refractivity contribution in [3.63, 3.8) is 0 Å². The molecule has 0 aliphatic heterocycles. The normalized spacial score (nSPS) is 11.4. The Morgan fingerprint density at radius 1 is 0.882 bits per heavy atom. The summed E-state index contributed by atoms with van der Waals surface area (Å²) in [5.74, 6) is 0. The molecular formula is C13H12O3S. The van der Waals surface area contributed by atoms with Gasteiger partial charge in [0.1, 0.15) is 4.90 Å². The van der Waals surface area contributed by atoms with Gasteiger partial charge in [-0.05, 0) is 24.1 Å². The molecule has 0 unspecified atom stereocenters. The summed E-state index contributed by atoms with van der Waals surface area (Å²) in [5, 5.41) is 0. The van der Waals surface area contributed by atoms with Gasteiger partial charge in [-0.1, -0.05) is 42.5 Å². The smallest absolute Gasteiger partial charge is 0.282 e. The van der Waals surface area contributed by atoms with E-state index in [1.807, 2.05) is 31.2 Å². The zero-order valence-corrected chi connectivity index (χ0v) is 10.1. The van der Waals surface area contributed by atoms with Crippen LogP contribution in [0.1, 0.15) is 5.56 Å². The van der Waals surface area contributed by atoms with Crippen molar-refractivity contribution < 1.29 is 13.0 Å².